The number of anilines is 1. The van der Waals surface area contributed by atoms with Crippen molar-refractivity contribution in [1.82, 2.24) is 10.6 Å². The number of nitrogens with one attached hydrogen (secondary N) is 3. The maximum atomic E-state index is 12.0. The van der Waals surface area contributed by atoms with Crippen LogP contribution in [0.3, 0.4) is 0 Å². The highest BCUT2D eigenvalue weighted by molar-refractivity contribution is 5.97. The molecule has 1 aliphatic rings. The van der Waals surface area contributed by atoms with E-state index in [-0.39, 0.29) is 18.0 Å². The molecule has 0 unspecified atom stereocenters. The van der Waals surface area contributed by atoms with Crippen LogP contribution in [0, 0.1) is 17.2 Å². The Balaban J connectivity index is 1.75. The zero-order valence-electron chi connectivity index (χ0n) is 16.2. The third kappa shape index (κ3) is 7.25. The van der Waals surface area contributed by atoms with E-state index < -0.39 is 30.4 Å². The molecule has 0 radical (unpaired) electrons. The lowest BCUT2D eigenvalue weighted by Crippen LogP contribution is -2.48. The molecule has 9 nitrogen and oxygen atoms in total. The molecule has 2 atom stereocenters. The number of nitrogens with zero attached hydrogens (tertiary/aromatic N) is 1. The van der Waals surface area contributed by atoms with Crippen LogP contribution in [0.15, 0.2) is 24.3 Å². The Morgan fingerprint density at radius 3 is 2.45 bits per heavy atom. The Morgan fingerprint density at radius 2 is 1.79 bits per heavy atom. The van der Waals surface area contributed by atoms with Crippen molar-refractivity contribution in [3.05, 3.63) is 29.8 Å². The Morgan fingerprint density at radius 1 is 1.10 bits per heavy atom. The molecule has 0 heterocycles. The van der Waals surface area contributed by atoms with Gasteiger partial charge in [-0.3, -0.25) is 14.9 Å². The SMILES string of the molecule is C[C@@H]1CCCC[C@@H]1NC(=O)NC(=O)COC(=O)c1ccc(NC(=O)CC#N)cc1. The summed E-state index contributed by atoms with van der Waals surface area (Å²) in [7, 11) is 0. The van der Waals surface area contributed by atoms with Crippen LogP contribution in [0.4, 0.5) is 10.5 Å². The van der Waals surface area contributed by atoms with Gasteiger partial charge in [-0.15, -0.1) is 0 Å². The lowest BCUT2D eigenvalue weighted by atomic mass is 9.86. The summed E-state index contributed by atoms with van der Waals surface area (Å²) in [6.07, 6.45) is 3.83. The molecule has 154 valence electrons. The number of hydrogen-bond donors (Lipinski definition) is 3. The van der Waals surface area contributed by atoms with E-state index in [4.69, 9.17) is 10.00 Å². The van der Waals surface area contributed by atoms with E-state index in [0.717, 1.165) is 25.7 Å². The van der Waals surface area contributed by atoms with Crippen molar-refractivity contribution in [1.29, 1.82) is 5.26 Å². The molecule has 9 heteroatoms. The van der Waals surface area contributed by atoms with Crippen molar-refractivity contribution in [2.45, 2.75) is 45.1 Å². The standard InChI is InChI=1S/C20H24N4O5/c1-13-4-2-3-5-16(13)23-20(28)24-18(26)12-29-19(27)14-6-8-15(9-7-14)22-17(25)10-11-21/h6-9,13,16H,2-5,10,12H2,1H3,(H,22,25)(H2,23,24,26,28)/t13-,16+/m1/s1. The number of hydrogen-bond acceptors (Lipinski definition) is 6. The average Bonchev–Trinajstić information content (AvgIpc) is 2.68. The Hall–Kier alpha value is -3.41. The highest BCUT2D eigenvalue weighted by Crippen LogP contribution is 2.23. The molecule has 1 fully saturated rings. The van der Waals surface area contributed by atoms with Gasteiger partial charge in [0.1, 0.15) is 6.42 Å². The molecule has 0 aliphatic heterocycles. The maximum Gasteiger partial charge on any atom is 0.338 e. The largest absolute Gasteiger partial charge is 0.452 e. The van der Waals surface area contributed by atoms with Gasteiger partial charge in [0.2, 0.25) is 5.91 Å². The molecule has 1 aromatic carbocycles. The third-order valence-corrected chi connectivity index (χ3v) is 4.66. The number of imide groups is 1. The minimum atomic E-state index is -0.739. The third-order valence-electron chi connectivity index (χ3n) is 4.66. The molecular formula is C20H24N4O5. The van der Waals surface area contributed by atoms with E-state index in [9.17, 15) is 19.2 Å². The van der Waals surface area contributed by atoms with Gasteiger partial charge >= 0.3 is 12.0 Å². The van der Waals surface area contributed by atoms with Crippen molar-refractivity contribution < 1.29 is 23.9 Å². The topological polar surface area (TPSA) is 137 Å². The average molecular weight is 400 g/mol. The fourth-order valence-corrected chi connectivity index (χ4v) is 3.08. The van der Waals surface area contributed by atoms with Gasteiger partial charge in [-0.25, -0.2) is 9.59 Å². The van der Waals surface area contributed by atoms with Gasteiger partial charge in [-0.05, 0) is 43.0 Å². The van der Waals surface area contributed by atoms with E-state index in [2.05, 4.69) is 22.9 Å². The summed E-state index contributed by atoms with van der Waals surface area (Å²) in [6, 6.07) is 6.95. The summed E-state index contributed by atoms with van der Waals surface area (Å²) in [6.45, 7) is 1.47. The van der Waals surface area contributed by atoms with E-state index in [1.165, 1.54) is 24.3 Å². The minimum Gasteiger partial charge on any atom is -0.452 e. The molecule has 29 heavy (non-hydrogen) atoms. The fraction of sp³-hybridized carbons (Fsp3) is 0.450. The maximum absolute atomic E-state index is 12.0. The fourth-order valence-electron chi connectivity index (χ4n) is 3.08. The second-order valence-electron chi connectivity index (χ2n) is 6.93. The van der Waals surface area contributed by atoms with Crippen LogP contribution in [-0.2, 0) is 14.3 Å². The van der Waals surface area contributed by atoms with Crippen LogP contribution in [0.2, 0.25) is 0 Å². The Labute approximate surface area is 168 Å². The van der Waals surface area contributed by atoms with E-state index in [1.54, 1.807) is 6.07 Å². The van der Waals surface area contributed by atoms with Gasteiger partial charge in [0.05, 0.1) is 11.6 Å². The Bertz CT molecular complexity index is 800. The monoisotopic (exact) mass is 400 g/mol. The first-order valence-electron chi connectivity index (χ1n) is 9.43. The molecule has 1 saturated carbocycles. The summed E-state index contributed by atoms with van der Waals surface area (Å²) >= 11 is 0. The predicted octanol–water partition coefficient (Wildman–Crippen LogP) is 2.10. The van der Waals surface area contributed by atoms with Crippen LogP contribution in [0.25, 0.3) is 0 Å². The zero-order valence-corrected chi connectivity index (χ0v) is 16.2. The second-order valence-corrected chi connectivity index (χ2v) is 6.93. The van der Waals surface area contributed by atoms with Gasteiger partial charge in [-0.1, -0.05) is 19.8 Å². The summed E-state index contributed by atoms with van der Waals surface area (Å²) in [5, 5.41) is 15.9. The van der Waals surface area contributed by atoms with Crippen molar-refractivity contribution >= 4 is 29.5 Å². The van der Waals surface area contributed by atoms with Crippen molar-refractivity contribution in [2.24, 2.45) is 5.92 Å². The summed E-state index contributed by atoms with van der Waals surface area (Å²) < 4.78 is 4.90. The van der Waals surface area contributed by atoms with Gasteiger partial charge < -0.3 is 15.4 Å². The normalized spacial score (nSPS) is 18.1. The quantitative estimate of drug-likeness (QED) is 0.625. The number of carbonyl (C=O) groups excluding carboxylic acids is 4. The molecule has 0 spiro atoms. The molecular weight excluding hydrogens is 376 g/mol. The molecule has 4 amide bonds. The summed E-state index contributed by atoms with van der Waals surface area (Å²) in [5.41, 5.74) is 0.602. The summed E-state index contributed by atoms with van der Waals surface area (Å²) in [5.74, 6) is -1.56. The Kier molecular flexibility index (Phi) is 8.15. The number of rotatable bonds is 6. The van der Waals surface area contributed by atoms with Gasteiger partial charge in [0, 0.05) is 11.7 Å². The van der Waals surface area contributed by atoms with Gasteiger partial charge in [0.15, 0.2) is 6.61 Å². The van der Waals surface area contributed by atoms with E-state index in [0.29, 0.717) is 11.6 Å². The van der Waals surface area contributed by atoms with Crippen molar-refractivity contribution in [3.8, 4) is 6.07 Å². The molecule has 3 N–H and O–H groups in total. The minimum absolute atomic E-state index is 0.0336. The zero-order chi connectivity index (χ0) is 21.2. The summed E-state index contributed by atoms with van der Waals surface area (Å²) in [4.78, 5) is 47.1. The van der Waals surface area contributed by atoms with Crippen LogP contribution in [-0.4, -0.2) is 36.5 Å². The number of amides is 4. The number of benzene rings is 1. The highest BCUT2D eigenvalue weighted by atomic mass is 16.5. The number of ether oxygens (including phenoxy) is 1. The van der Waals surface area contributed by atoms with Crippen molar-refractivity contribution in [3.63, 3.8) is 0 Å². The molecule has 1 aliphatic carbocycles. The lowest BCUT2D eigenvalue weighted by Gasteiger charge is -2.29. The first kappa shape index (κ1) is 21.9. The second kappa shape index (κ2) is 10.8. The smallest absolute Gasteiger partial charge is 0.338 e. The van der Waals surface area contributed by atoms with Crippen LogP contribution in [0.5, 0.6) is 0 Å². The first-order chi connectivity index (χ1) is 13.9. The first-order valence-corrected chi connectivity index (χ1v) is 9.43. The van der Waals surface area contributed by atoms with E-state index in [1.807, 2.05) is 0 Å². The molecule has 0 saturated heterocycles. The number of carbonyl (C=O) groups is 4. The number of urea groups is 1. The van der Waals surface area contributed by atoms with Crippen LogP contribution >= 0.6 is 0 Å². The van der Waals surface area contributed by atoms with Gasteiger partial charge in [-0.2, -0.15) is 5.26 Å². The lowest BCUT2D eigenvalue weighted by molar-refractivity contribution is -0.123. The van der Waals surface area contributed by atoms with Gasteiger partial charge in [0.25, 0.3) is 5.91 Å². The molecule has 2 rings (SSSR count). The predicted molar refractivity (Wildman–Crippen MR) is 104 cm³/mol. The van der Waals surface area contributed by atoms with Crippen LogP contribution < -0.4 is 16.0 Å². The molecule has 0 aromatic heterocycles. The number of nitriles is 1. The van der Waals surface area contributed by atoms with E-state index >= 15 is 0 Å². The molecule has 0 bridgehead atoms. The highest BCUT2D eigenvalue weighted by Gasteiger charge is 2.23. The number of esters is 1. The molecule has 1 aromatic rings. The van der Waals surface area contributed by atoms with Crippen molar-refractivity contribution in [2.75, 3.05) is 11.9 Å². The van der Waals surface area contributed by atoms with Crippen LogP contribution in [0.1, 0.15) is 49.4 Å².